The summed E-state index contributed by atoms with van der Waals surface area (Å²) >= 11 is 0. The molecule has 1 aromatic rings. The summed E-state index contributed by atoms with van der Waals surface area (Å²) < 4.78 is 25.3. The van der Waals surface area contributed by atoms with Gasteiger partial charge in [-0.2, -0.15) is 0 Å². The lowest BCUT2D eigenvalue weighted by Gasteiger charge is -2.32. The lowest BCUT2D eigenvalue weighted by molar-refractivity contribution is 0.00578. The highest BCUT2D eigenvalue weighted by atomic mass is 32.2. The molecule has 5 nitrogen and oxygen atoms in total. The summed E-state index contributed by atoms with van der Waals surface area (Å²) in [6, 6.07) is 5.55. The van der Waals surface area contributed by atoms with Gasteiger partial charge in [-0.3, -0.25) is 4.31 Å². The first-order valence-corrected chi connectivity index (χ1v) is 8.39. The minimum absolute atomic E-state index is 0.390. The smallest absolute Gasteiger partial charge is 0.399 e. The number of nitrogen functional groups attached to an aromatic ring is 1. The number of nitrogens with zero attached hydrogens (tertiary/aromatic N) is 1. The monoisotopic (exact) mass is 310 g/mol. The SMILES string of the molecule is CN(c1cc(B2OC(C)(C)C(C)(C)O2)ccc1N)S(C)=O. The molecule has 1 fully saturated rings. The van der Waals surface area contributed by atoms with Crippen LogP contribution in [0.3, 0.4) is 0 Å². The van der Waals surface area contributed by atoms with Gasteiger partial charge in [-0.15, -0.1) is 0 Å². The molecule has 1 aliphatic rings. The predicted molar refractivity (Wildman–Crippen MR) is 89.0 cm³/mol. The maximum absolute atomic E-state index is 11.7. The summed E-state index contributed by atoms with van der Waals surface area (Å²) in [6.45, 7) is 8.05. The van der Waals surface area contributed by atoms with Gasteiger partial charge in [0.2, 0.25) is 0 Å². The average molecular weight is 310 g/mol. The first-order chi connectivity index (χ1) is 9.55. The van der Waals surface area contributed by atoms with Crippen molar-refractivity contribution in [2.45, 2.75) is 38.9 Å². The molecule has 21 heavy (non-hydrogen) atoms. The fourth-order valence-corrected chi connectivity index (χ4v) is 2.53. The van der Waals surface area contributed by atoms with Gasteiger partial charge >= 0.3 is 7.12 Å². The second kappa shape index (κ2) is 5.30. The van der Waals surface area contributed by atoms with E-state index in [0.29, 0.717) is 11.4 Å². The molecular formula is C14H23BN2O3S. The molecule has 1 heterocycles. The van der Waals surface area contributed by atoms with Crippen molar-refractivity contribution in [2.75, 3.05) is 23.3 Å². The molecule has 0 aliphatic carbocycles. The minimum atomic E-state index is -1.14. The second-order valence-electron chi connectivity index (χ2n) is 6.33. The summed E-state index contributed by atoms with van der Waals surface area (Å²) in [6.07, 6.45) is 1.61. The number of hydrogen-bond donors (Lipinski definition) is 1. The van der Waals surface area contributed by atoms with Crippen molar-refractivity contribution in [3.05, 3.63) is 18.2 Å². The zero-order valence-corrected chi connectivity index (χ0v) is 14.3. The number of hydrogen-bond acceptors (Lipinski definition) is 4. The fraction of sp³-hybridized carbons (Fsp3) is 0.571. The fourth-order valence-electron chi connectivity index (χ4n) is 2.10. The molecule has 1 atom stereocenters. The number of benzene rings is 1. The molecule has 0 radical (unpaired) electrons. The second-order valence-corrected chi connectivity index (χ2v) is 7.72. The first kappa shape index (κ1) is 16.3. The summed E-state index contributed by atoms with van der Waals surface area (Å²) in [5.74, 6) is 0. The largest absolute Gasteiger partial charge is 0.494 e. The van der Waals surface area contributed by atoms with Gasteiger partial charge in [0.25, 0.3) is 0 Å². The molecule has 0 amide bonds. The molecule has 1 aliphatic heterocycles. The third kappa shape index (κ3) is 2.95. The van der Waals surface area contributed by atoms with E-state index in [0.717, 1.165) is 5.46 Å². The minimum Gasteiger partial charge on any atom is -0.399 e. The topological polar surface area (TPSA) is 64.8 Å². The Morgan fingerprint density at radius 3 is 2.19 bits per heavy atom. The van der Waals surface area contributed by atoms with Crippen LogP contribution in [0.5, 0.6) is 0 Å². The molecule has 116 valence electrons. The van der Waals surface area contributed by atoms with E-state index in [-0.39, 0.29) is 0 Å². The van der Waals surface area contributed by atoms with Crippen LogP contribution in [-0.4, -0.2) is 35.8 Å². The van der Waals surface area contributed by atoms with E-state index in [9.17, 15) is 4.21 Å². The van der Waals surface area contributed by atoms with Gasteiger partial charge in [-0.25, -0.2) is 4.21 Å². The molecule has 2 N–H and O–H groups in total. The van der Waals surface area contributed by atoms with Crippen LogP contribution in [0, 0.1) is 0 Å². The molecular weight excluding hydrogens is 287 g/mol. The van der Waals surface area contributed by atoms with Crippen molar-refractivity contribution in [1.29, 1.82) is 0 Å². The number of anilines is 2. The van der Waals surface area contributed by atoms with Crippen molar-refractivity contribution in [1.82, 2.24) is 0 Å². The zero-order valence-electron chi connectivity index (χ0n) is 13.5. The number of nitrogens with two attached hydrogens (primary N) is 1. The molecule has 0 saturated carbocycles. The van der Waals surface area contributed by atoms with Crippen LogP contribution in [0.4, 0.5) is 11.4 Å². The van der Waals surface area contributed by atoms with Gasteiger partial charge in [0.1, 0.15) is 11.0 Å². The Morgan fingerprint density at radius 2 is 1.71 bits per heavy atom. The molecule has 1 saturated heterocycles. The van der Waals surface area contributed by atoms with Crippen molar-refractivity contribution >= 4 is 34.9 Å². The summed E-state index contributed by atoms with van der Waals surface area (Å²) in [4.78, 5) is 0. The van der Waals surface area contributed by atoms with Gasteiger partial charge in [0.15, 0.2) is 0 Å². The van der Waals surface area contributed by atoms with Crippen LogP contribution in [0.2, 0.25) is 0 Å². The van der Waals surface area contributed by atoms with Crippen molar-refractivity contribution in [2.24, 2.45) is 0 Å². The van der Waals surface area contributed by atoms with Gasteiger partial charge in [0.05, 0.1) is 22.6 Å². The van der Waals surface area contributed by atoms with E-state index < -0.39 is 29.3 Å². The summed E-state index contributed by atoms with van der Waals surface area (Å²) in [5, 5.41) is 0. The lowest BCUT2D eigenvalue weighted by Crippen LogP contribution is -2.41. The quantitative estimate of drug-likeness (QED) is 0.675. The Bertz CT molecular complexity index is 561. The normalized spacial score (nSPS) is 21.3. The highest BCUT2D eigenvalue weighted by Gasteiger charge is 2.51. The van der Waals surface area contributed by atoms with E-state index in [1.807, 2.05) is 39.8 Å². The van der Waals surface area contributed by atoms with E-state index in [2.05, 4.69) is 0 Å². The summed E-state index contributed by atoms with van der Waals surface area (Å²) in [5.41, 5.74) is 7.35. The highest BCUT2D eigenvalue weighted by molar-refractivity contribution is 7.85. The maximum atomic E-state index is 11.7. The third-order valence-corrected chi connectivity index (χ3v) is 5.27. The standard InChI is InChI=1S/C14H23BN2O3S/c1-13(2)14(3,4)20-15(19-13)10-7-8-11(16)12(9-10)17(5)21(6)18/h7-9H,16H2,1-6H3. The number of rotatable bonds is 3. The Hall–Kier alpha value is -1.05. The Kier molecular flexibility index (Phi) is 4.12. The van der Waals surface area contributed by atoms with E-state index in [1.165, 1.54) is 0 Å². The van der Waals surface area contributed by atoms with Gasteiger partial charge in [-0.1, -0.05) is 6.07 Å². The lowest BCUT2D eigenvalue weighted by atomic mass is 9.79. The van der Waals surface area contributed by atoms with Crippen molar-refractivity contribution < 1.29 is 13.5 Å². The van der Waals surface area contributed by atoms with Crippen LogP contribution in [-0.2, 0) is 20.3 Å². The molecule has 1 aromatic carbocycles. The average Bonchev–Trinajstić information content (AvgIpc) is 2.58. The first-order valence-electron chi connectivity index (χ1n) is 6.87. The molecule has 7 heteroatoms. The van der Waals surface area contributed by atoms with E-state index in [4.69, 9.17) is 15.0 Å². The van der Waals surface area contributed by atoms with Crippen molar-refractivity contribution in [3.63, 3.8) is 0 Å². The Labute approximate surface area is 129 Å². The highest BCUT2D eigenvalue weighted by Crippen LogP contribution is 2.36. The van der Waals surface area contributed by atoms with Gasteiger partial charge < -0.3 is 15.0 Å². The Morgan fingerprint density at radius 1 is 1.19 bits per heavy atom. The van der Waals surface area contributed by atoms with E-state index >= 15 is 0 Å². The molecule has 0 aromatic heterocycles. The van der Waals surface area contributed by atoms with Gasteiger partial charge in [-0.05, 0) is 45.3 Å². The molecule has 0 bridgehead atoms. The van der Waals surface area contributed by atoms with Crippen molar-refractivity contribution in [3.8, 4) is 0 Å². The third-order valence-electron chi connectivity index (χ3n) is 4.30. The Balaban J connectivity index is 2.35. The maximum Gasteiger partial charge on any atom is 0.494 e. The molecule has 2 rings (SSSR count). The zero-order chi connectivity index (χ0) is 16.0. The molecule has 1 unspecified atom stereocenters. The van der Waals surface area contributed by atoms with Crippen LogP contribution in [0.1, 0.15) is 27.7 Å². The van der Waals surface area contributed by atoms with Crippen LogP contribution < -0.4 is 15.5 Å². The van der Waals surface area contributed by atoms with E-state index in [1.54, 1.807) is 23.7 Å². The van der Waals surface area contributed by atoms with Crippen LogP contribution >= 0.6 is 0 Å². The molecule has 0 spiro atoms. The van der Waals surface area contributed by atoms with Crippen LogP contribution in [0.25, 0.3) is 0 Å². The van der Waals surface area contributed by atoms with Crippen LogP contribution in [0.15, 0.2) is 18.2 Å². The van der Waals surface area contributed by atoms with Gasteiger partial charge in [0, 0.05) is 13.3 Å². The summed E-state index contributed by atoms with van der Waals surface area (Å²) in [7, 11) is 0.155. The predicted octanol–water partition coefficient (Wildman–Crippen LogP) is 1.30.